The molecule has 0 spiro atoms. The summed E-state index contributed by atoms with van der Waals surface area (Å²) in [6.07, 6.45) is -14.8. The van der Waals surface area contributed by atoms with Crippen LogP contribution in [0.4, 0.5) is 26.3 Å². The van der Waals surface area contributed by atoms with Gasteiger partial charge in [0.2, 0.25) is 5.41 Å². The molecule has 0 saturated heterocycles. The summed E-state index contributed by atoms with van der Waals surface area (Å²) in [5.74, 6) is 1.73. The Morgan fingerprint density at radius 1 is 0.688 bits per heavy atom. The van der Waals surface area contributed by atoms with E-state index in [2.05, 4.69) is 34.6 Å². The molecule has 48 heavy (non-hydrogen) atoms. The molecule has 0 unspecified atom stereocenters. The normalized spacial score (nSPS) is 43.9. The lowest BCUT2D eigenvalue weighted by Crippen LogP contribution is -2.67. The lowest BCUT2D eigenvalue weighted by Gasteiger charge is -2.73. The van der Waals surface area contributed by atoms with E-state index in [1.165, 1.54) is 0 Å². The zero-order chi connectivity index (χ0) is 36.3. The Balaban J connectivity index is 1.40. The summed E-state index contributed by atoms with van der Waals surface area (Å²) in [5, 5.41) is 51.0. The van der Waals surface area contributed by atoms with E-state index < -0.39 is 60.0 Å². The van der Waals surface area contributed by atoms with Gasteiger partial charge in [-0.1, -0.05) is 48.5 Å². The number of hydrogen-bond donors (Lipinski definition) is 5. The van der Waals surface area contributed by atoms with Gasteiger partial charge in [-0.15, -0.1) is 0 Å². The van der Waals surface area contributed by atoms with Crippen LogP contribution < -0.4 is 0 Å². The SMILES string of the molecule is CC(C)[C@H]1CC[C@]2(C(O)O)CC[C@@]3(C)[C@@H](CC[C@@H]4[C@]5(C)CC[C@H](O[C@H](O)CC(C(O)O)(C(F)(F)F)C(F)(F)F)C(C)(C)[C@@H]5CC[C@@]43C)[C@@H]12. The first kappa shape index (κ1) is 38.6. The molecule has 0 heterocycles. The predicted octanol–water partition coefficient (Wildman–Crippen LogP) is 7.55. The molecule has 12 heteroatoms. The van der Waals surface area contributed by atoms with E-state index in [9.17, 15) is 51.9 Å². The van der Waals surface area contributed by atoms with Crippen LogP contribution in [-0.4, -0.2) is 62.9 Å². The van der Waals surface area contributed by atoms with Crippen molar-refractivity contribution < 1.29 is 56.6 Å². The number of ether oxygens (including phenoxy) is 1. The van der Waals surface area contributed by atoms with Crippen molar-refractivity contribution in [1.82, 2.24) is 0 Å². The fourth-order valence-electron chi connectivity index (χ4n) is 13.4. The van der Waals surface area contributed by atoms with Crippen molar-refractivity contribution in [2.24, 2.45) is 68.0 Å². The van der Waals surface area contributed by atoms with Gasteiger partial charge in [0.05, 0.1) is 6.10 Å². The van der Waals surface area contributed by atoms with Crippen molar-refractivity contribution in [1.29, 1.82) is 0 Å². The molecule has 5 aliphatic carbocycles. The number of hydrogen-bond acceptors (Lipinski definition) is 6. The molecule has 0 amide bonds. The first-order chi connectivity index (χ1) is 21.8. The summed E-state index contributed by atoms with van der Waals surface area (Å²) in [4.78, 5) is 0. The van der Waals surface area contributed by atoms with Gasteiger partial charge in [-0.3, -0.25) is 0 Å². The minimum Gasteiger partial charge on any atom is -0.368 e. The zero-order valence-corrected chi connectivity index (χ0v) is 29.5. The smallest absolute Gasteiger partial charge is 0.368 e. The molecule has 0 aromatic rings. The molecule has 11 atom stereocenters. The van der Waals surface area contributed by atoms with Crippen LogP contribution >= 0.6 is 0 Å². The second-order valence-corrected chi connectivity index (χ2v) is 18.2. The third-order valence-electron chi connectivity index (χ3n) is 16.1. The molecule has 6 nitrogen and oxygen atoms in total. The maximum atomic E-state index is 13.8. The third-order valence-corrected chi connectivity index (χ3v) is 16.1. The average molecular weight is 701 g/mol. The fraction of sp³-hybridized carbons (Fsp3) is 1.00. The highest BCUT2D eigenvalue weighted by atomic mass is 19.4. The topological polar surface area (TPSA) is 110 Å². The summed E-state index contributed by atoms with van der Waals surface area (Å²) in [6.45, 7) is 15.5. The molecule has 5 aliphatic rings. The number of halogens is 6. The first-order valence-electron chi connectivity index (χ1n) is 18.0. The van der Waals surface area contributed by atoms with Gasteiger partial charge in [-0.2, -0.15) is 26.3 Å². The van der Waals surface area contributed by atoms with Crippen molar-refractivity contribution in [2.75, 3.05) is 0 Å². The summed E-state index contributed by atoms with van der Waals surface area (Å²) in [7, 11) is 0. The quantitative estimate of drug-likeness (QED) is 0.139. The lowest BCUT2D eigenvalue weighted by atomic mass is 9.32. The van der Waals surface area contributed by atoms with E-state index in [1.54, 1.807) is 0 Å². The Bertz CT molecular complexity index is 1170. The molecule has 0 aromatic heterocycles. The van der Waals surface area contributed by atoms with Crippen LogP contribution in [0.5, 0.6) is 0 Å². The highest BCUT2D eigenvalue weighted by molar-refractivity contribution is 5.20. The van der Waals surface area contributed by atoms with Gasteiger partial charge in [0.25, 0.3) is 0 Å². The van der Waals surface area contributed by atoms with E-state index in [4.69, 9.17) is 4.74 Å². The minimum atomic E-state index is -6.10. The predicted molar refractivity (Wildman–Crippen MR) is 165 cm³/mol. The van der Waals surface area contributed by atoms with E-state index in [0.717, 1.165) is 51.4 Å². The Morgan fingerprint density at radius 3 is 1.81 bits per heavy atom. The lowest BCUT2D eigenvalue weighted by molar-refractivity contribution is -0.407. The second-order valence-electron chi connectivity index (χ2n) is 18.2. The number of aliphatic hydroxyl groups excluding tert-OH is 3. The van der Waals surface area contributed by atoms with E-state index >= 15 is 0 Å². The van der Waals surface area contributed by atoms with Crippen LogP contribution in [0.1, 0.15) is 119 Å². The summed E-state index contributed by atoms with van der Waals surface area (Å²) in [6, 6.07) is 0. The molecule has 0 bridgehead atoms. The van der Waals surface area contributed by atoms with Crippen LogP contribution in [0.2, 0.25) is 0 Å². The van der Waals surface area contributed by atoms with Crippen LogP contribution in [0.15, 0.2) is 0 Å². The van der Waals surface area contributed by atoms with Crippen LogP contribution in [-0.2, 0) is 4.74 Å². The highest BCUT2D eigenvalue weighted by Gasteiger charge is 2.76. The van der Waals surface area contributed by atoms with Crippen LogP contribution in [0.3, 0.4) is 0 Å². The number of fused-ring (bicyclic) bond motifs is 7. The Hall–Kier alpha value is -0.660. The van der Waals surface area contributed by atoms with E-state index in [-0.39, 0.29) is 28.1 Å². The molecule has 5 fully saturated rings. The van der Waals surface area contributed by atoms with Gasteiger partial charge in [0, 0.05) is 11.8 Å². The molecular weight excluding hydrogens is 642 g/mol. The maximum absolute atomic E-state index is 13.8. The van der Waals surface area contributed by atoms with Gasteiger partial charge < -0.3 is 30.3 Å². The van der Waals surface area contributed by atoms with Gasteiger partial charge >= 0.3 is 12.4 Å². The van der Waals surface area contributed by atoms with Gasteiger partial charge in [-0.25, -0.2) is 0 Å². The average Bonchev–Trinajstić information content (AvgIpc) is 3.34. The molecule has 280 valence electrons. The Morgan fingerprint density at radius 2 is 1.29 bits per heavy atom. The van der Waals surface area contributed by atoms with Crippen molar-refractivity contribution in [2.45, 2.75) is 156 Å². The van der Waals surface area contributed by atoms with Crippen molar-refractivity contribution >= 4 is 0 Å². The molecule has 0 aromatic carbocycles. The molecule has 5 N–H and O–H groups in total. The van der Waals surface area contributed by atoms with Gasteiger partial charge in [0.15, 0.2) is 18.9 Å². The molecule has 0 aliphatic heterocycles. The van der Waals surface area contributed by atoms with E-state index in [1.807, 2.05) is 13.8 Å². The molecule has 0 radical (unpaired) electrons. The standard InChI is InChI=1S/C36H58F6O6/c1-19(2)20-10-15-33(27(44)45)17-16-31(6)21(26(20)33)8-9-23-30(5)13-12-24(29(3,4)22(30)11-14-32(23,31)7)48-25(43)18-34(28(46)47,35(37,38)39)36(40,41)42/h19-28,43-47H,8-18H2,1-7H3/t20-,21+,22+,23-,24+,25+,26-,30-,31+,32+,33+/m1/s1. The highest BCUT2D eigenvalue weighted by Crippen LogP contribution is 2.78. The maximum Gasteiger partial charge on any atom is 0.408 e. The summed E-state index contributed by atoms with van der Waals surface area (Å²) < 4.78 is 88.4. The molecule has 5 saturated carbocycles. The monoisotopic (exact) mass is 700 g/mol. The number of aliphatic hydroxyl groups is 5. The Kier molecular flexibility index (Phi) is 9.59. The number of rotatable bonds is 7. The zero-order valence-electron chi connectivity index (χ0n) is 29.5. The second kappa shape index (κ2) is 11.9. The van der Waals surface area contributed by atoms with Crippen molar-refractivity contribution in [3.8, 4) is 0 Å². The molecular formula is C36H58F6O6. The minimum absolute atomic E-state index is 0.0180. The van der Waals surface area contributed by atoms with Gasteiger partial charge in [0.1, 0.15) is 0 Å². The third kappa shape index (κ3) is 5.17. The fourth-order valence-corrected chi connectivity index (χ4v) is 13.4. The van der Waals surface area contributed by atoms with Crippen LogP contribution in [0, 0.1) is 68.0 Å². The van der Waals surface area contributed by atoms with Gasteiger partial charge in [-0.05, 0) is 121 Å². The summed E-state index contributed by atoms with van der Waals surface area (Å²) in [5.41, 5.74) is -6.45. The van der Waals surface area contributed by atoms with E-state index in [0.29, 0.717) is 36.5 Å². The summed E-state index contributed by atoms with van der Waals surface area (Å²) >= 11 is 0. The Labute approximate surface area is 281 Å². The van der Waals surface area contributed by atoms with Crippen molar-refractivity contribution in [3.05, 3.63) is 0 Å². The number of alkyl halides is 6. The first-order valence-corrected chi connectivity index (χ1v) is 18.0. The van der Waals surface area contributed by atoms with Crippen LogP contribution in [0.25, 0.3) is 0 Å². The molecule has 5 rings (SSSR count). The largest absolute Gasteiger partial charge is 0.408 e. The van der Waals surface area contributed by atoms with Crippen molar-refractivity contribution in [3.63, 3.8) is 0 Å².